The van der Waals surface area contributed by atoms with Crippen molar-refractivity contribution in [1.29, 1.82) is 0 Å². The van der Waals surface area contributed by atoms with E-state index in [0.717, 1.165) is 31.0 Å². The number of carbonyl (C=O) groups is 1. The summed E-state index contributed by atoms with van der Waals surface area (Å²) in [6, 6.07) is 11.8. The maximum absolute atomic E-state index is 11.4. The predicted octanol–water partition coefficient (Wildman–Crippen LogP) is 2.61. The highest BCUT2D eigenvalue weighted by Gasteiger charge is 2.27. The molecule has 0 bridgehead atoms. The third kappa shape index (κ3) is 3.11. The van der Waals surface area contributed by atoms with Gasteiger partial charge in [0.1, 0.15) is 5.75 Å². The van der Waals surface area contributed by atoms with E-state index >= 15 is 0 Å². The second-order valence-electron chi connectivity index (χ2n) is 5.39. The third-order valence-electron chi connectivity index (χ3n) is 4.09. The zero-order valence-electron chi connectivity index (χ0n) is 13.2. The van der Waals surface area contributed by atoms with Crippen molar-refractivity contribution in [1.82, 2.24) is 10.2 Å². The van der Waals surface area contributed by atoms with Crippen molar-refractivity contribution < 1.29 is 14.3 Å². The molecule has 0 spiro atoms. The smallest absolute Gasteiger partial charge is 0.358 e. The number of rotatable bonds is 4. The Kier molecular flexibility index (Phi) is 4.41. The molecular weight excluding hydrogens is 294 g/mol. The molecule has 1 aromatic heterocycles. The summed E-state index contributed by atoms with van der Waals surface area (Å²) in [5.74, 6) is 1.15. The molecule has 1 aliphatic heterocycles. The van der Waals surface area contributed by atoms with Crippen LogP contribution in [-0.2, 0) is 4.74 Å². The highest BCUT2D eigenvalue weighted by molar-refractivity contribution is 5.87. The van der Waals surface area contributed by atoms with Crippen molar-refractivity contribution in [3.63, 3.8) is 0 Å². The first kappa shape index (κ1) is 15.3. The molecule has 0 aliphatic carbocycles. The molecule has 1 aromatic carbocycles. The molecule has 6 heteroatoms. The first-order chi connectivity index (χ1) is 11.2. The molecule has 0 N–H and O–H groups in total. The lowest BCUT2D eigenvalue weighted by molar-refractivity contribution is 0.0592. The first-order valence-corrected chi connectivity index (χ1v) is 7.55. The number of carbonyl (C=O) groups excluding carboxylic acids is 1. The Morgan fingerprint density at radius 3 is 2.52 bits per heavy atom. The van der Waals surface area contributed by atoms with Gasteiger partial charge in [-0.05, 0) is 42.7 Å². The lowest BCUT2D eigenvalue weighted by Gasteiger charge is -2.25. The van der Waals surface area contributed by atoms with Crippen LogP contribution in [0.5, 0.6) is 5.75 Å². The normalized spacial score (nSPS) is 17.1. The third-order valence-corrected chi connectivity index (χ3v) is 4.09. The van der Waals surface area contributed by atoms with Crippen LogP contribution in [0.1, 0.15) is 34.9 Å². The van der Waals surface area contributed by atoms with Gasteiger partial charge in [0.05, 0.1) is 20.3 Å². The van der Waals surface area contributed by atoms with Crippen LogP contribution >= 0.6 is 0 Å². The van der Waals surface area contributed by atoms with Gasteiger partial charge in [0, 0.05) is 6.54 Å². The van der Waals surface area contributed by atoms with Gasteiger partial charge in [-0.15, -0.1) is 10.2 Å². The number of hydrogen-bond acceptors (Lipinski definition) is 6. The summed E-state index contributed by atoms with van der Waals surface area (Å²) in [4.78, 5) is 13.7. The molecule has 0 radical (unpaired) electrons. The summed E-state index contributed by atoms with van der Waals surface area (Å²) >= 11 is 0. The number of nitrogens with zero attached hydrogens (tertiary/aromatic N) is 3. The van der Waals surface area contributed by atoms with Gasteiger partial charge in [0.15, 0.2) is 11.5 Å². The average Bonchev–Trinajstić information content (AvgIpc) is 3.11. The van der Waals surface area contributed by atoms with Crippen LogP contribution in [-0.4, -0.2) is 36.9 Å². The van der Waals surface area contributed by atoms with E-state index < -0.39 is 5.97 Å². The van der Waals surface area contributed by atoms with Crippen LogP contribution < -0.4 is 9.64 Å². The number of esters is 1. The maximum atomic E-state index is 11.4. The van der Waals surface area contributed by atoms with E-state index in [1.807, 2.05) is 18.2 Å². The van der Waals surface area contributed by atoms with E-state index in [9.17, 15) is 4.79 Å². The molecule has 1 saturated heterocycles. The number of benzene rings is 1. The Morgan fingerprint density at radius 2 is 1.91 bits per heavy atom. The van der Waals surface area contributed by atoms with Crippen LogP contribution in [0.3, 0.4) is 0 Å². The van der Waals surface area contributed by atoms with Gasteiger partial charge < -0.3 is 14.4 Å². The predicted molar refractivity (Wildman–Crippen MR) is 85.7 cm³/mol. The number of hydrogen-bond donors (Lipinski definition) is 0. The molecule has 120 valence electrons. The molecule has 3 rings (SSSR count). The lowest BCUT2D eigenvalue weighted by Crippen LogP contribution is -2.24. The van der Waals surface area contributed by atoms with Crippen LogP contribution in [0.25, 0.3) is 0 Å². The molecule has 1 aliphatic rings. The summed E-state index contributed by atoms with van der Waals surface area (Å²) in [7, 11) is 2.99. The lowest BCUT2D eigenvalue weighted by atomic mass is 10.0. The maximum Gasteiger partial charge on any atom is 0.358 e. The second kappa shape index (κ2) is 6.64. The average molecular weight is 313 g/mol. The minimum atomic E-state index is -0.475. The van der Waals surface area contributed by atoms with Gasteiger partial charge in [-0.1, -0.05) is 12.1 Å². The van der Waals surface area contributed by atoms with Gasteiger partial charge in [0.2, 0.25) is 0 Å². The molecule has 0 amide bonds. The largest absolute Gasteiger partial charge is 0.497 e. The van der Waals surface area contributed by atoms with Gasteiger partial charge >= 0.3 is 5.97 Å². The first-order valence-electron chi connectivity index (χ1n) is 7.55. The zero-order valence-corrected chi connectivity index (χ0v) is 13.2. The molecule has 6 nitrogen and oxygen atoms in total. The Morgan fingerprint density at radius 1 is 1.13 bits per heavy atom. The summed E-state index contributed by atoms with van der Waals surface area (Å²) in [5.41, 5.74) is 1.44. The molecule has 2 aromatic rings. The Labute approximate surface area is 135 Å². The van der Waals surface area contributed by atoms with Crippen LogP contribution in [0.15, 0.2) is 36.4 Å². The zero-order chi connectivity index (χ0) is 16.2. The fourth-order valence-corrected chi connectivity index (χ4v) is 2.91. The minimum Gasteiger partial charge on any atom is -0.497 e. The van der Waals surface area contributed by atoms with E-state index in [0.29, 0.717) is 0 Å². The Bertz CT molecular complexity index is 670. The molecule has 1 fully saturated rings. The summed E-state index contributed by atoms with van der Waals surface area (Å²) < 4.78 is 9.86. The monoisotopic (exact) mass is 313 g/mol. The molecule has 2 heterocycles. The quantitative estimate of drug-likeness (QED) is 0.809. The number of methoxy groups -OCH3 is 2. The van der Waals surface area contributed by atoms with Crippen molar-refractivity contribution in [3.05, 3.63) is 47.7 Å². The van der Waals surface area contributed by atoms with Crippen molar-refractivity contribution >= 4 is 11.8 Å². The van der Waals surface area contributed by atoms with Crippen molar-refractivity contribution in [2.24, 2.45) is 0 Å². The second-order valence-corrected chi connectivity index (χ2v) is 5.39. The number of aromatic nitrogens is 2. The van der Waals surface area contributed by atoms with Gasteiger partial charge in [0.25, 0.3) is 0 Å². The van der Waals surface area contributed by atoms with Crippen molar-refractivity contribution in [2.75, 3.05) is 25.7 Å². The molecule has 0 unspecified atom stereocenters. The van der Waals surface area contributed by atoms with Crippen LogP contribution in [0.4, 0.5) is 5.82 Å². The van der Waals surface area contributed by atoms with E-state index in [4.69, 9.17) is 4.74 Å². The topological polar surface area (TPSA) is 64.5 Å². The Balaban J connectivity index is 1.81. The van der Waals surface area contributed by atoms with E-state index in [-0.39, 0.29) is 11.7 Å². The van der Waals surface area contributed by atoms with E-state index in [1.54, 1.807) is 13.2 Å². The fourth-order valence-electron chi connectivity index (χ4n) is 2.91. The van der Waals surface area contributed by atoms with Crippen LogP contribution in [0, 0.1) is 0 Å². The number of ether oxygens (including phenoxy) is 2. The SMILES string of the molecule is COC(=O)c1ccc(N2CCC[C@H]2c2ccc(OC)cc2)nn1. The van der Waals surface area contributed by atoms with Crippen molar-refractivity contribution in [2.45, 2.75) is 18.9 Å². The molecule has 23 heavy (non-hydrogen) atoms. The summed E-state index contributed by atoms with van der Waals surface area (Å²) in [5, 5.41) is 8.15. The van der Waals surface area contributed by atoms with Gasteiger partial charge in [-0.2, -0.15) is 0 Å². The Hall–Kier alpha value is -2.63. The van der Waals surface area contributed by atoms with Gasteiger partial charge in [-0.3, -0.25) is 0 Å². The number of anilines is 1. The van der Waals surface area contributed by atoms with E-state index in [1.165, 1.54) is 12.7 Å². The molecular formula is C17H19N3O3. The van der Waals surface area contributed by atoms with Crippen LogP contribution in [0.2, 0.25) is 0 Å². The molecule has 0 saturated carbocycles. The minimum absolute atomic E-state index is 0.219. The van der Waals surface area contributed by atoms with Gasteiger partial charge in [-0.25, -0.2) is 4.79 Å². The van der Waals surface area contributed by atoms with Crippen molar-refractivity contribution in [3.8, 4) is 5.75 Å². The van der Waals surface area contributed by atoms with E-state index in [2.05, 4.69) is 32.0 Å². The fraction of sp³-hybridized carbons (Fsp3) is 0.353. The standard InChI is InChI=1S/C17H19N3O3/c1-22-13-7-5-12(6-8-13)15-4-3-11-20(15)16-10-9-14(18-19-16)17(21)23-2/h5-10,15H,3-4,11H2,1-2H3/t15-/m0/s1. The summed E-state index contributed by atoms with van der Waals surface area (Å²) in [6.07, 6.45) is 2.16. The highest BCUT2D eigenvalue weighted by atomic mass is 16.5. The summed E-state index contributed by atoms with van der Waals surface area (Å²) in [6.45, 7) is 0.920. The highest BCUT2D eigenvalue weighted by Crippen LogP contribution is 2.35. The molecule has 1 atom stereocenters.